The summed E-state index contributed by atoms with van der Waals surface area (Å²) in [7, 11) is 0. The van der Waals surface area contributed by atoms with Gasteiger partial charge in [0.25, 0.3) is 0 Å². The molecule has 0 aromatic heterocycles. The van der Waals surface area contributed by atoms with Crippen molar-refractivity contribution in [3.8, 4) is 0 Å². The molecule has 3 atom stereocenters. The zero-order valence-electron chi connectivity index (χ0n) is 14.7. The fraction of sp³-hybridized carbons (Fsp3) is 0.136. The highest BCUT2D eigenvalue weighted by Gasteiger charge is 2.42. The summed E-state index contributed by atoms with van der Waals surface area (Å²) in [6.07, 6.45) is 0. The second-order valence-electron chi connectivity index (χ2n) is 6.35. The van der Waals surface area contributed by atoms with E-state index in [0.717, 1.165) is 10.0 Å². The standard InChI is InChI=1S/C22H17Br2NO3/c23-18-13-11-17(12-14-18)22(26)20(24)19(15-7-3-1-4-8-15)21(25(27)28)16-9-5-2-6-10-16/h1-14,19-21H/t19-,20+,21+/m1/s1. The van der Waals surface area contributed by atoms with Crippen molar-refractivity contribution in [1.29, 1.82) is 0 Å². The minimum absolute atomic E-state index is 0.191. The van der Waals surface area contributed by atoms with Crippen molar-refractivity contribution in [3.05, 3.63) is 116 Å². The second kappa shape index (κ2) is 9.26. The largest absolute Gasteiger partial charge is 0.293 e. The lowest BCUT2D eigenvalue weighted by molar-refractivity contribution is -0.533. The Balaban J connectivity index is 2.07. The predicted molar refractivity (Wildman–Crippen MR) is 117 cm³/mol. The number of rotatable bonds is 7. The number of nitrogens with zero attached hydrogens (tertiary/aromatic N) is 1. The number of halogens is 2. The molecule has 4 nitrogen and oxygen atoms in total. The number of carbonyl (C=O) groups excluding carboxylic acids is 1. The molecule has 0 aliphatic heterocycles. The molecular weight excluding hydrogens is 486 g/mol. The van der Waals surface area contributed by atoms with Crippen molar-refractivity contribution in [2.24, 2.45) is 0 Å². The van der Waals surface area contributed by atoms with Gasteiger partial charge >= 0.3 is 0 Å². The van der Waals surface area contributed by atoms with Gasteiger partial charge in [-0.15, -0.1) is 0 Å². The van der Waals surface area contributed by atoms with Gasteiger partial charge < -0.3 is 0 Å². The van der Waals surface area contributed by atoms with Gasteiger partial charge in [0.05, 0.1) is 10.7 Å². The van der Waals surface area contributed by atoms with Crippen LogP contribution in [0, 0.1) is 10.1 Å². The third-order valence-corrected chi connectivity index (χ3v) is 6.10. The Morgan fingerprint density at radius 3 is 1.82 bits per heavy atom. The summed E-state index contributed by atoms with van der Waals surface area (Å²) in [5, 5.41) is 12.1. The average Bonchev–Trinajstić information content (AvgIpc) is 2.72. The highest BCUT2D eigenvalue weighted by molar-refractivity contribution is 9.10. The third kappa shape index (κ3) is 4.56. The van der Waals surface area contributed by atoms with Crippen molar-refractivity contribution < 1.29 is 9.72 Å². The summed E-state index contributed by atoms with van der Waals surface area (Å²) in [5.74, 6) is -0.862. The van der Waals surface area contributed by atoms with E-state index < -0.39 is 16.8 Å². The molecule has 0 N–H and O–H groups in total. The lowest BCUT2D eigenvalue weighted by Gasteiger charge is -2.25. The first-order valence-electron chi connectivity index (χ1n) is 8.66. The Kier molecular flexibility index (Phi) is 6.75. The Labute approximate surface area is 180 Å². The molecule has 28 heavy (non-hydrogen) atoms. The Morgan fingerprint density at radius 2 is 1.32 bits per heavy atom. The van der Waals surface area contributed by atoms with Crippen LogP contribution in [0.4, 0.5) is 0 Å². The van der Waals surface area contributed by atoms with Gasteiger partial charge in [-0.3, -0.25) is 14.9 Å². The van der Waals surface area contributed by atoms with Gasteiger partial charge in [-0.1, -0.05) is 105 Å². The van der Waals surface area contributed by atoms with Crippen LogP contribution in [0.2, 0.25) is 0 Å². The van der Waals surface area contributed by atoms with Gasteiger partial charge in [0.2, 0.25) is 6.04 Å². The topological polar surface area (TPSA) is 60.2 Å². The molecule has 142 valence electrons. The molecule has 3 aromatic carbocycles. The molecule has 0 bridgehead atoms. The molecule has 0 aliphatic carbocycles. The van der Waals surface area contributed by atoms with Crippen molar-refractivity contribution in [3.63, 3.8) is 0 Å². The summed E-state index contributed by atoms with van der Waals surface area (Å²) < 4.78 is 0.863. The van der Waals surface area contributed by atoms with Crippen LogP contribution in [0.5, 0.6) is 0 Å². The van der Waals surface area contributed by atoms with Crippen molar-refractivity contribution in [1.82, 2.24) is 0 Å². The highest BCUT2D eigenvalue weighted by atomic mass is 79.9. The maximum absolute atomic E-state index is 13.1. The van der Waals surface area contributed by atoms with Crippen LogP contribution < -0.4 is 0 Å². The summed E-state index contributed by atoms with van der Waals surface area (Å²) in [6, 6.07) is 23.9. The van der Waals surface area contributed by atoms with Crippen molar-refractivity contribution in [2.75, 3.05) is 0 Å². The minimum atomic E-state index is -1.06. The van der Waals surface area contributed by atoms with E-state index in [2.05, 4.69) is 31.9 Å². The average molecular weight is 503 g/mol. The minimum Gasteiger partial charge on any atom is -0.293 e. The van der Waals surface area contributed by atoms with Gasteiger partial charge in [0, 0.05) is 20.5 Å². The van der Waals surface area contributed by atoms with Crippen LogP contribution in [0.25, 0.3) is 0 Å². The summed E-state index contributed by atoms with van der Waals surface area (Å²) in [6.45, 7) is 0. The molecule has 0 aliphatic rings. The normalized spacial score (nSPS) is 14.1. The van der Waals surface area contributed by atoms with E-state index in [1.165, 1.54) is 0 Å². The molecular formula is C22H17Br2NO3. The van der Waals surface area contributed by atoms with E-state index in [-0.39, 0.29) is 10.7 Å². The van der Waals surface area contributed by atoms with Gasteiger partial charge in [-0.05, 0) is 17.7 Å². The van der Waals surface area contributed by atoms with E-state index in [4.69, 9.17) is 0 Å². The molecule has 6 heteroatoms. The molecule has 3 rings (SSSR count). The molecule has 0 unspecified atom stereocenters. The SMILES string of the molecule is O=C(c1ccc(Br)cc1)[C@@H](Br)[C@@H](c1ccccc1)[C@H](c1ccccc1)[N+](=O)[O-]. The van der Waals surface area contributed by atoms with E-state index in [1.807, 2.05) is 36.4 Å². The number of hydrogen-bond acceptors (Lipinski definition) is 3. The fourth-order valence-electron chi connectivity index (χ4n) is 3.23. The molecule has 0 saturated heterocycles. The first-order chi connectivity index (χ1) is 13.5. The van der Waals surface area contributed by atoms with Crippen molar-refractivity contribution >= 4 is 37.6 Å². The van der Waals surface area contributed by atoms with Gasteiger partial charge in [-0.2, -0.15) is 0 Å². The van der Waals surface area contributed by atoms with E-state index in [1.54, 1.807) is 48.5 Å². The van der Waals surface area contributed by atoms with Crippen LogP contribution in [0.3, 0.4) is 0 Å². The monoisotopic (exact) mass is 501 g/mol. The first kappa shape index (κ1) is 20.4. The molecule has 0 radical (unpaired) electrons. The number of hydrogen-bond donors (Lipinski definition) is 0. The van der Waals surface area contributed by atoms with E-state index in [0.29, 0.717) is 11.1 Å². The van der Waals surface area contributed by atoms with Crippen LogP contribution in [-0.4, -0.2) is 15.5 Å². The quantitative estimate of drug-likeness (QED) is 0.167. The molecule has 0 amide bonds. The van der Waals surface area contributed by atoms with Crippen LogP contribution in [0.1, 0.15) is 33.4 Å². The Bertz CT molecular complexity index is 947. The van der Waals surface area contributed by atoms with Crippen molar-refractivity contribution in [2.45, 2.75) is 16.8 Å². The van der Waals surface area contributed by atoms with Gasteiger partial charge in [0.1, 0.15) is 0 Å². The fourth-order valence-corrected chi connectivity index (χ4v) is 4.36. The Morgan fingerprint density at radius 1 is 0.821 bits per heavy atom. The summed E-state index contributed by atoms with van der Waals surface area (Å²) in [4.78, 5) is 24.2. The van der Waals surface area contributed by atoms with Gasteiger partial charge in [0.15, 0.2) is 5.78 Å². The molecule has 0 saturated carbocycles. The van der Waals surface area contributed by atoms with Crippen LogP contribution >= 0.6 is 31.9 Å². The molecule has 0 heterocycles. The predicted octanol–water partition coefficient (Wildman–Crippen LogP) is 6.20. The van der Waals surface area contributed by atoms with E-state index in [9.17, 15) is 14.9 Å². The lowest BCUT2D eigenvalue weighted by atomic mass is 9.82. The molecule has 0 spiro atoms. The molecule has 3 aromatic rings. The second-order valence-corrected chi connectivity index (χ2v) is 8.25. The maximum atomic E-state index is 13.1. The highest BCUT2D eigenvalue weighted by Crippen LogP contribution is 2.40. The number of ketones is 1. The number of benzene rings is 3. The first-order valence-corrected chi connectivity index (χ1v) is 10.4. The summed E-state index contributed by atoms with van der Waals surface area (Å²) in [5.41, 5.74) is 1.80. The smallest absolute Gasteiger partial charge is 0.246 e. The van der Waals surface area contributed by atoms with Crippen LogP contribution in [0.15, 0.2) is 89.4 Å². The number of alkyl halides is 1. The maximum Gasteiger partial charge on any atom is 0.246 e. The lowest BCUT2D eigenvalue weighted by Crippen LogP contribution is -2.31. The zero-order valence-corrected chi connectivity index (χ0v) is 17.9. The molecule has 0 fully saturated rings. The Hall–Kier alpha value is -2.31. The number of nitro groups is 1. The number of carbonyl (C=O) groups is 1. The number of Topliss-reactive ketones (excluding diaryl/α,β-unsaturated/α-hetero) is 1. The zero-order chi connectivity index (χ0) is 20.1. The third-order valence-electron chi connectivity index (χ3n) is 4.59. The van der Waals surface area contributed by atoms with E-state index >= 15 is 0 Å². The van der Waals surface area contributed by atoms with Crippen LogP contribution in [-0.2, 0) is 0 Å². The summed E-state index contributed by atoms with van der Waals surface area (Å²) >= 11 is 6.86. The van der Waals surface area contributed by atoms with Gasteiger partial charge in [-0.25, -0.2) is 0 Å².